The van der Waals surface area contributed by atoms with Crippen LogP contribution in [-0.4, -0.2) is 17.6 Å². The first-order valence-corrected chi connectivity index (χ1v) is 6.48. The van der Waals surface area contributed by atoms with E-state index in [1.807, 2.05) is 13.0 Å². The van der Waals surface area contributed by atoms with E-state index in [2.05, 4.69) is 11.1 Å². The number of nitrogens with two attached hydrogens (primary N) is 1. The van der Waals surface area contributed by atoms with Crippen LogP contribution >= 0.6 is 0 Å². The minimum atomic E-state index is 0.102. The third kappa shape index (κ3) is 2.62. The maximum Gasteiger partial charge on any atom is 0.232 e. The van der Waals surface area contributed by atoms with Crippen LogP contribution in [0.2, 0.25) is 0 Å². The van der Waals surface area contributed by atoms with Gasteiger partial charge in [0.05, 0.1) is 0 Å². The quantitative estimate of drug-likeness (QED) is 0.885. The van der Waals surface area contributed by atoms with Crippen molar-refractivity contribution in [3.8, 4) is 11.9 Å². The van der Waals surface area contributed by atoms with E-state index in [9.17, 15) is 0 Å². The Balaban J connectivity index is 2.18. The van der Waals surface area contributed by atoms with E-state index in [4.69, 9.17) is 15.7 Å². The summed E-state index contributed by atoms with van der Waals surface area (Å²) < 4.78 is 5.95. The maximum atomic E-state index is 9.16. The molecule has 1 saturated carbocycles. The minimum Gasteiger partial charge on any atom is -0.473 e. The van der Waals surface area contributed by atoms with Crippen molar-refractivity contribution in [2.75, 3.05) is 6.54 Å². The van der Waals surface area contributed by atoms with E-state index >= 15 is 0 Å². The molecule has 96 valence electrons. The monoisotopic (exact) mass is 245 g/mol. The number of pyridine rings is 1. The molecule has 0 saturated heterocycles. The Morgan fingerprint density at radius 3 is 3.00 bits per heavy atom. The largest absolute Gasteiger partial charge is 0.473 e. The molecule has 0 amide bonds. The lowest BCUT2D eigenvalue weighted by Crippen LogP contribution is -2.35. The van der Waals surface area contributed by atoms with Gasteiger partial charge in [0.25, 0.3) is 0 Å². The summed E-state index contributed by atoms with van der Waals surface area (Å²) in [6, 6.07) is 3.99. The van der Waals surface area contributed by atoms with E-state index in [0.29, 0.717) is 23.9 Å². The van der Waals surface area contributed by atoms with Gasteiger partial charge in [-0.1, -0.05) is 6.42 Å². The zero-order chi connectivity index (χ0) is 13.0. The zero-order valence-corrected chi connectivity index (χ0v) is 10.7. The Bertz CT molecular complexity index is 453. The number of nitrogens with zero attached hydrogens (tertiary/aromatic N) is 2. The number of aryl methyl sites for hydroxylation is 1. The third-order valence-corrected chi connectivity index (χ3v) is 3.64. The predicted octanol–water partition coefficient (Wildman–Crippen LogP) is 2.16. The van der Waals surface area contributed by atoms with Gasteiger partial charge in [-0.05, 0) is 44.4 Å². The average molecular weight is 245 g/mol. The molecule has 1 fully saturated rings. The Morgan fingerprint density at radius 2 is 2.28 bits per heavy atom. The van der Waals surface area contributed by atoms with Gasteiger partial charge in [0.2, 0.25) is 5.88 Å². The Hall–Kier alpha value is -1.60. The second-order valence-electron chi connectivity index (χ2n) is 4.86. The van der Waals surface area contributed by atoms with Gasteiger partial charge in [0.15, 0.2) is 0 Å². The fourth-order valence-corrected chi connectivity index (χ4v) is 2.50. The number of rotatable bonds is 3. The summed E-state index contributed by atoms with van der Waals surface area (Å²) >= 11 is 0. The van der Waals surface area contributed by atoms with Gasteiger partial charge in [-0.3, -0.25) is 0 Å². The van der Waals surface area contributed by atoms with Gasteiger partial charge in [0, 0.05) is 12.1 Å². The number of aromatic nitrogens is 1. The molecular weight excluding hydrogens is 226 g/mol. The van der Waals surface area contributed by atoms with Crippen LogP contribution in [0.4, 0.5) is 0 Å². The molecule has 1 heterocycles. The molecule has 0 aromatic carbocycles. The van der Waals surface area contributed by atoms with Gasteiger partial charge in [-0.2, -0.15) is 5.26 Å². The summed E-state index contributed by atoms with van der Waals surface area (Å²) in [5, 5.41) is 9.16. The van der Waals surface area contributed by atoms with Gasteiger partial charge in [-0.25, -0.2) is 4.98 Å². The summed E-state index contributed by atoms with van der Waals surface area (Å²) in [6.45, 7) is 2.53. The van der Waals surface area contributed by atoms with Crippen LogP contribution < -0.4 is 10.5 Å². The van der Waals surface area contributed by atoms with Crippen molar-refractivity contribution < 1.29 is 4.74 Å². The number of ether oxygens (including phenoxy) is 1. The molecule has 4 heteroatoms. The Labute approximate surface area is 108 Å². The fraction of sp³-hybridized carbons (Fsp3) is 0.571. The van der Waals surface area contributed by atoms with Gasteiger partial charge >= 0.3 is 0 Å². The standard InChI is InChI=1S/C14H19N3O/c1-10-6-7-17-14(12(10)9-16)18-13-5-3-2-4-11(13)8-15/h6-7,11,13H,2-5,8,15H2,1H3. The minimum absolute atomic E-state index is 0.102. The molecule has 18 heavy (non-hydrogen) atoms. The van der Waals surface area contributed by atoms with Crippen LogP contribution in [0.1, 0.15) is 36.8 Å². The normalized spacial score (nSPS) is 23.4. The fourth-order valence-electron chi connectivity index (χ4n) is 2.50. The van der Waals surface area contributed by atoms with E-state index in [-0.39, 0.29) is 6.10 Å². The van der Waals surface area contributed by atoms with Crippen molar-refractivity contribution in [2.45, 2.75) is 38.7 Å². The summed E-state index contributed by atoms with van der Waals surface area (Å²) in [5.74, 6) is 0.843. The SMILES string of the molecule is Cc1ccnc(OC2CCCCC2CN)c1C#N. The van der Waals surface area contributed by atoms with Gasteiger partial charge < -0.3 is 10.5 Å². The van der Waals surface area contributed by atoms with E-state index < -0.39 is 0 Å². The zero-order valence-electron chi connectivity index (χ0n) is 10.7. The molecule has 2 N–H and O–H groups in total. The van der Waals surface area contributed by atoms with Crippen molar-refractivity contribution in [3.05, 3.63) is 23.4 Å². The van der Waals surface area contributed by atoms with E-state index in [1.54, 1.807) is 6.20 Å². The molecule has 2 atom stereocenters. The van der Waals surface area contributed by atoms with Crippen molar-refractivity contribution in [1.82, 2.24) is 4.98 Å². The summed E-state index contributed by atoms with van der Waals surface area (Å²) in [7, 11) is 0. The second kappa shape index (κ2) is 5.83. The van der Waals surface area contributed by atoms with E-state index in [1.165, 1.54) is 6.42 Å². The smallest absolute Gasteiger partial charge is 0.232 e. The Morgan fingerprint density at radius 1 is 1.50 bits per heavy atom. The summed E-state index contributed by atoms with van der Waals surface area (Å²) in [4.78, 5) is 4.19. The molecule has 1 aromatic heterocycles. The molecule has 0 radical (unpaired) electrons. The van der Waals surface area contributed by atoms with Crippen molar-refractivity contribution in [2.24, 2.45) is 11.7 Å². The van der Waals surface area contributed by atoms with Crippen LogP contribution in [0.25, 0.3) is 0 Å². The van der Waals surface area contributed by atoms with Crippen molar-refractivity contribution in [3.63, 3.8) is 0 Å². The highest BCUT2D eigenvalue weighted by Gasteiger charge is 2.26. The van der Waals surface area contributed by atoms with E-state index in [0.717, 1.165) is 24.8 Å². The van der Waals surface area contributed by atoms with Crippen molar-refractivity contribution in [1.29, 1.82) is 5.26 Å². The lowest BCUT2D eigenvalue weighted by atomic mass is 9.86. The topological polar surface area (TPSA) is 71.9 Å². The van der Waals surface area contributed by atoms with Gasteiger partial charge in [-0.15, -0.1) is 0 Å². The number of hydrogen-bond donors (Lipinski definition) is 1. The number of hydrogen-bond acceptors (Lipinski definition) is 4. The maximum absolute atomic E-state index is 9.16. The molecule has 2 unspecified atom stereocenters. The average Bonchev–Trinajstić information content (AvgIpc) is 2.40. The third-order valence-electron chi connectivity index (χ3n) is 3.64. The molecule has 0 bridgehead atoms. The Kier molecular flexibility index (Phi) is 4.16. The molecular formula is C14H19N3O. The number of nitriles is 1. The first-order valence-electron chi connectivity index (χ1n) is 6.48. The summed E-state index contributed by atoms with van der Waals surface area (Å²) in [6.07, 6.45) is 6.27. The highest BCUT2D eigenvalue weighted by atomic mass is 16.5. The lowest BCUT2D eigenvalue weighted by molar-refractivity contribution is 0.0919. The van der Waals surface area contributed by atoms with Gasteiger partial charge in [0.1, 0.15) is 17.7 Å². The molecule has 1 aromatic rings. The highest BCUT2D eigenvalue weighted by molar-refractivity contribution is 5.43. The molecule has 0 spiro atoms. The lowest BCUT2D eigenvalue weighted by Gasteiger charge is -2.30. The summed E-state index contributed by atoms with van der Waals surface area (Å²) in [5.41, 5.74) is 7.23. The van der Waals surface area contributed by atoms with Crippen LogP contribution in [0, 0.1) is 24.2 Å². The van der Waals surface area contributed by atoms with Crippen LogP contribution in [0.3, 0.4) is 0 Å². The first-order chi connectivity index (χ1) is 8.76. The molecule has 1 aliphatic rings. The first kappa shape index (κ1) is 12.8. The molecule has 2 rings (SSSR count). The van der Waals surface area contributed by atoms with Crippen LogP contribution in [-0.2, 0) is 0 Å². The predicted molar refractivity (Wildman–Crippen MR) is 69.1 cm³/mol. The van der Waals surface area contributed by atoms with Crippen LogP contribution in [0.15, 0.2) is 12.3 Å². The van der Waals surface area contributed by atoms with Crippen molar-refractivity contribution >= 4 is 0 Å². The molecule has 0 aliphatic heterocycles. The second-order valence-corrected chi connectivity index (χ2v) is 4.86. The molecule has 1 aliphatic carbocycles. The molecule has 4 nitrogen and oxygen atoms in total. The highest BCUT2D eigenvalue weighted by Crippen LogP contribution is 2.29. The van der Waals surface area contributed by atoms with Crippen LogP contribution in [0.5, 0.6) is 5.88 Å².